The van der Waals surface area contributed by atoms with Gasteiger partial charge in [0, 0.05) is 0 Å². The number of esters is 1. The molecule has 0 spiro atoms. The summed E-state index contributed by atoms with van der Waals surface area (Å²) in [6, 6.07) is 8.35. The van der Waals surface area contributed by atoms with Crippen molar-refractivity contribution in [2.45, 2.75) is 84.4 Å². The van der Waals surface area contributed by atoms with Crippen molar-refractivity contribution in [2.75, 3.05) is 11.5 Å². The van der Waals surface area contributed by atoms with Crippen molar-refractivity contribution in [1.29, 1.82) is 0 Å². The zero-order valence-electron chi connectivity index (χ0n) is 21.9. The number of carbonyl (C=O) groups excluding carboxylic acids is 2. The first-order chi connectivity index (χ1) is 17.6. The molecule has 0 bridgehead atoms. The molecular formula is C27H34ClN5O4. The molecule has 0 unspecified atom stereocenters. The summed E-state index contributed by atoms with van der Waals surface area (Å²) in [5.41, 5.74) is 2.17. The number of ether oxygens (including phenoxy) is 2. The van der Waals surface area contributed by atoms with E-state index in [9.17, 15) is 9.59 Å². The van der Waals surface area contributed by atoms with Crippen molar-refractivity contribution in [3.8, 4) is 0 Å². The fraction of sp³-hybridized carbons (Fsp3) is 0.519. The Labute approximate surface area is 222 Å². The first-order valence-electron chi connectivity index (χ1n) is 12.8. The summed E-state index contributed by atoms with van der Waals surface area (Å²) in [7, 11) is 0. The molecule has 0 aliphatic heterocycles. The van der Waals surface area contributed by atoms with Gasteiger partial charge in [-0.05, 0) is 57.6 Å². The number of halogens is 1. The van der Waals surface area contributed by atoms with Crippen LogP contribution in [0.25, 0.3) is 11.2 Å². The quantitative estimate of drug-likeness (QED) is 0.273. The molecule has 1 amide bonds. The second kappa shape index (κ2) is 11.5. The molecule has 4 rings (SSSR count). The van der Waals surface area contributed by atoms with Crippen molar-refractivity contribution in [1.82, 2.24) is 19.5 Å². The van der Waals surface area contributed by atoms with Crippen LogP contribution in [0.3, 0.4) is 0 Å². The van der Waals surface area contributed by atoms with Gasteiger partial charge in [0.1, 0.15) is 17.7 Å². The molecule has 9 nitrogen and oxygen atoms in total. The van der Waals surface area contributed by atoms with Crippen LogP contribution in [-0.4, -0.2) is 43.8 Å². The molecule has 1 saturated carbocycles. The summed E-state index contributed by atoms with van der Waals surface area (Å²) in [6.07, 6.45) is 7.14. The lowest BCUT2D eigenvalue weighted by molar-refractivity contribution is -0.143. The Morgan fingerprint density at radius 2 is 1.81 bits per heavy atom. The van der Waals surface area contributed by atoms with Gasteiger partial charge in [-0.1, -0.05) is 55.1 Å². The average molecular weight is 528 g/mol. The molecule has 0 saturated heterocycles. The molecule has 1 aliphatic rings. The molecule has 1 aliphatic carbocycles. The molecule has 3 aromatic rings. The first kappa shape index (κ1) is 26.9. The minimum absolute atomic E-state index is 0.0636. The van der Waals surface area contributed by atoms with Gasteiger partial charge in [-0.25, -0.2) is 14.7 Å². The number of carbonyl (C=O) groups is 2. The second-order valence-corrected chi connectivity index (χ2v) is 10.7. The van der Waals surface area contributed by atoms with Gasteiger partial charge in [0.2, 0.25) is 5.95 Å². The molecule has 2 aromatic heterocycles. The van der Waals surface area contributed by atoms with Gasteiger partial charge in [-0.15, -0.1) is 0 Å². The lowest BCUT2D eigenvalue weighted by Crippen LogP contribution is -2.37. The van der Waals surface area contributed by atoms with Gasteiger partial charge >= 0.3 is 12.1 Å². The Morgan fingerprint density at radius 3 is 2.46 bits per heavy atom. The van der Waals surface area contributed by atoms with E-state index in [0.717, 1.165) is 5.56 Å². The Hall–Kier alpha value is -3.20. The van der Waals surface area contributed by atoms with Crippen molar-refractivity contribution >= 4 is 40.8 Å². The van der Waals surface area contributed by atoms with Crippen LogP contribution in [0.15, 0.2) is 30.6 Å². The van der Waals surface area contributed by atoms with Gasteiger partial charge in [-0.2, -0.15) is 9.97 Å². The van der Waals surface area contributed by atoms with Gasteiger partial charge in [0.05, 0.1) is 19.5 Å². The largest absolute Gasteiger partial charge is 0.465 e. The Bertz CT molecular complexity index is 1250. The number of aromatic nitrogens is 4. The molecule has 10 heteroatoms. The standard InChI is InChI=1S/C27H34ClN5O4/c1-5-36-21(34)16-32-17-29-22-23(28)30-25(31-24(22)32)33(26(35)37-27(2,3)4)15-18-11-13-20(14-12-18)19-9-7-6-8-10-19/h11-14,17,19H,5-10,15-16H2,1-4H3. The third kappa shape index (κ3) is 6.77. The second-order valence-electron chi connectivity index (χ2n) is 10.3. The van der Waals surface area contributed by atoms with E-state index >= 15 is 0 Å². The summed E-state index contributed by atoms with van der Waals surface area (Å²) in [4.78, 5) is 39.9. The van der Waals surface area contributed by atoms with Crippen molar-refractivity contribution in [3.63, 3.8) is 0 Å². The molecule has 1 aromatic carbocycles. The minimum Gasteiger partial charge on any atom is -0.465 e. The number of benzene rings is 1. The van der Waals surface area contributed by atoms with Crippen molar-refractivity contribution in [3.05, 3.63) is 46.9 Å². The van der Waals surface area contributed by atoms with Crippen LogP contribution in [-0.2, 0) is 27.4 Å². The van der Waals surface area contributed by atoms with E-state index in [-0.39, 0.29) is 30.8 Å². The fourth-order valence-corrected chi connectivity index (χ4v) is 4.74. The van der Waals surface area contributed by atoms with E-state index in [1.807, 2.05) is 12.1 Å². The lowest BCUT2D eigenvalue weighted by Gasteiger charge is -2.26. The number of hydrogen-bond donors (Lipinski definition) is 0. The highest BCUT2D eigenvalue weighted by atomic mass is 35.5. The highest BCUT2D eigenvalue weighted by Gasteiger charge is 2.27. The molecule has 37 heavy (non-hydrogen) atoms. The van der Waals surface area contributed by atoms with E-state index < -0.39 is 17.7 Å². The van der Waals surface area contributed by atoms with Crippen molar-refractivity contribution in [2.24, 2.45) is 0 Å². The number of imidazole rings is 1. The number of fused-ring (bicyclic) bond motifs is 1. The third-order valence-electron chi connectivity index (χ3n) is 6.27. The molecule has 2 heterocycles. The highest BCUT2D eigenvalue weighted by molar-refractivity contribution is 6.33. The normalized spacial score (nSPS) is 14.5. The zero-order valence-corrected chi connectivity index (χ0v) is 22.6. The molecule has 1 fully saturated rings. The molecule has 198 valence electrons. The highest BCUT2D eigenvalue weighted by Crippen LogP contribution is 2.33. The van der Waals surface area contributed by atoms with E-state index in [4.69, 9.17) is 21.1 Å². The first-order valence-corrected chi connectivity index (χ1v) is 13.2. The molecular weight excluding hydrogens is 494 g/mol. The molecule has 0 atom stereocenters. The van der Waals surface area contributed by atoms with Gasteiger partial charge in [0.15, 0.2) is 10.8 Å². The van der Waals surface area contributed by atoms with Crippen molar-refractivity contribution < 1.29 is 19.1 Å². The van der Waals surface area contributed by atoms with Crippen LogP contribution in [0.1, 0.15) is 76.8 Å². The fourth-order valence-electron chi connectivity index (χ4n) is 4.53. The topological polar surface area (TPSA) is 99.4 Å². The minimum atomic E-state index is -0.722. The SMILES string of the molecule is CCOC(=O)Cn1cnc2c(Cl)nc(N(Cc3ccc(C4CCCCC4)cc3)C(=O)OC(C)(C)C)nc21. The van der Waals surface area contributed by atoms with Crippen LogP contribution < -0.4 is 4.90 Å². The maximum Gasteiger partial charge on any atom is 0.417 e. The number of anilines is 1. The maximum atomic E-state index is 13.3. The van der Waals surface area contributed by atoms with Crippen LogP contribution >= 0.6 is 11.6 Å². The Balaban J connectivity index is 1.66. The Morgan fingerprint density at radius 1 is 1.11 bits per heavy atom. The predicted octanol–water partition coefficient (Wildman–Crippen LogP) is 6.03. The number of amides is 1. The molecule has 0 N–H and O–H groups in total. The summed E-state index contributed by atoms with van der Waals surface area (Å²) in [6.45, 7) is 7.49. The molecule has 0 radical (unpaired) electrons. The number of nitrogens with zero attached hydrogens (tertiary/aromatic N) is 5. The van der Waals surface area contributed by atoms with Gasteiger partial charge in [0.25, 0.3) is 0 Å². The summed E-state index contributed by atoms with van der Waals surface area (Å²) in [5.74, 6) is 0.225. The van der Waals surface area contributed by atoms with E-state index in [2.05, 4.69) is 27.1 Å². The zero-order chi connectivity index (χ0) is 26.6. The van der Waals surface area contributed by atoms with Crippen LogP contribution in [0, 0.1) is 0 Å². The monoisotopic (exact) mass is 527 g/mol. The van der Waals surface area contributed by atoms with E-state index in [1.165, 1.54) is 53.5 Å². The van der Waals surface area contributed by atoms with E-state index in [1.54, 1.807) is 27.7 Å². The third-order valence-corrected chi connectivity index (χ3v) is 6.53. The van der Waals surface area contributed by atoms with Gasteiger partial charge in [-0.3, -0.25) is 4.79 Å². The summed E-state index contributed by atoms with van der Waals surface area (Å²) < 4.78 is 12.2. The average Bonchev–Trinajstić information content (AvgIpc) is 3.25. The van der Waals surface area contributed by atoms with E-state index in [0.29, 0.717) is 17.1 Å². The van der Waals surface area contributed by atoms with Crippen LogP contribution in [0.4, 0.5) is 10.7 Å². The summed E-state index contributed by atoms with van der Waals surface area (Å²) >= 11 is 6.44. The Kier molecular flexibility index (Phi) is 8.32. The number of rotatable bonds is 7. The lowest BCUT2D eigenvalue weighted by atomic mass is 9.84. The van der Waals surface area contributed by atoms with Crippen LogP contribution in [0.2, 0.25) is 5.15 Å². The summed E-state index contributed by atoms with van der Waals surface area (Å²) in [5, 5.41) is 0.0730. The van der Waals surface area contributed by atoms with Gasteiger partial charge < -0.3 is 14.0 Å². The van der Waals surface area contributed by atoms with Crippen LogP contribution in [0.5, 0.6) is 0 Å². The maximum absolute atomic E-state index is 13.3. The smallest absolute Gasteiger partial charge is 0.417 e. The predicted molar refractivity (Wildman–Crippen MR) is 142 cm³/mol. The number of hydrogen-bond acceptors (Lipinski definition) is 7.